The largest absolute Gasteiger partial charge is 0.486 e. The number of likely N-dealkylation sites (N-methyl/N-ethyl adjacent to an activating group) is 1. The standard InChI is InChI=1S/C14H15NO2/c1-15-8-11-9-16-13-7-6-10-4-2-3-5-12(10)14(13)17-11/h2-7,11,15H,8-9H2,1H3. The first kappa shape index (κ1) is 10.4. The highest BCUT2D eigenvalue weighted by molar-refractivity contribution is 5.90. The molecule has 2 aromatic rings. The van der Waals surface area contributed by atoms with Gasteiger partial charge in [-0.3, -0.25) is 0 Å². The Morgan fingerprint density at radius 2 is 2.12 bits per heavy atom. The van der Waals surface area contributed by atoms with Gasteiger partial charge in [0.1, 0.15) is 12.7 Å². The molecular weight excluding hydrogens is 214 g/mol. The summed E-state index contributed by atoms with van der Waals surface area (Å²) >= 11 is 0. The first-order chi connectivity index (χ1) is 8.38. The average Bonchev–Trinajstić information content (AvgIpc) is 2.39. The van der Waals surface area contributed by atoms with E-state index in [9.17, 15) is 0 Å². The summed E-state index contributed by atoms with van der Waals surface area (Å²) in [5, 5.41) is 5.41. The van der Waals surface area contributed by atoms with Crippen LogP contribution in [0.15, 0.2) is 36.4 Å². The van der Waals surface area contributed by atoms with Gasteiger partial charge in [0.15, 0.2) is 11.5 Å². The van der Waals surface area contributed by atoms with Crippen molar-refractivity contribution in [2.45, 2.75) is 6.10 Å². The molecule has 0 amide bonds. The molecule has 0 fully saturated rings. The van der Waals surface area contributed by atoms with Gasteiger partial charge in [-0.15, -0.1) is 0 Å². The molecule has 0 spiro atoms. The lowest BCUT2D eigenvalue weighted by Crippen LogP contribution is -2.37. The van der Waals surface area contributed by atoms with Crippen molar-refractivity contribution in [3.63, 3.8) is 0 Å². The zero-order valence-electron chi connectivity index (χ0n) is 9.77. The van der Waals surface area contributed by atoms with Crippen LogP contribution in [-0.2, 0) is 0 Å². The number of fused-ring (bicyclic) bond motifs is 3. The fourth-order valence-corrected chi connectivity index (χ4v) is 2.17. The molecule has 3 nitrogen and oxygen atoms in total. The Morgan fingerprint density at radius 3 is 3.00 bits per heavy atom. The Labute approximate surface area is 100 Å². The minimum atomic E-state index is 0.0818. The summed E-state index contributed by atoms with van der Waals surface area (Å²) in [7, 11) is 1.92. The van der Waals surface area contributed by atoms with Crippen molar-refractivity contribution in [2.24, 2.45) is 0 Å². The van der Waals surface area contributed by atoms with Crippen molar-refractivity contribution in [3.05, 3.63) is 36.4 Å². The molecule has 88 valence electrons. The maximum Gasteiger partial charge on any atom is 0.169 e. The van der Waals surface area contributed by atoms with Crippen LogP contribution in [0.1, 0.15) is 0 Å². The predicted octanol–water partition coefficient (Wildman–Crippen LogP) is 2.20. The highest BCUT2D eigenvalue weighted by Gasteiger charge is 2.22. The Bertz CT molecular complexity index is 539. The second-order valence-corrected chi connectivity index (χ2v) is 4.22. The fraction of sp³-hybridized carbons (Fsp3) is 0.286. The molecule has 1 heterocycles. The summed E-state index contributed by atoms with van der Waals surface area (Å²) < 4.78 is 11.7. The van der Waals surface area contributed by atoms with Crippen LogP contribution in [0.25, 0.3) is 10.8 Å². The number of rotatable bonds is 2. The molecule has 1 aliphatic rings. The van der Waals surface area contributed by atoms with E-state index in [1.54, 1.807) is 0 Å². The van der Waals surface area contributed by atoms with Crippen molar-refractivity contribution < 1.29 is 9.47 Å². The second kappa shape index (κ2) is 4.26. The van der Waals surface area contributed by atoms with Crippen LogP contribution in [0, 0.1) is 0 Å². The van der Waals surface area contributed by atoms with Crippen LogP contribution >= 0.6 is 0 Å². The van der Waals surface area contributed by atoms with Crippen molar-refractivity contribution in [3.8, 4) is 11.5 Å². The van der Waals surface area contributed by atoms with Crippen molar-refractivity contribution in [2.75, 3.05) is 20.2 Å². The van der Waals surface area contributed by atoms with E-state index in [0.717, 1.165) is 23.4 Å². The van der Waals surface area contributed by atoms with E-state index in [4.69, 9.17) is 9.47 Å². The van der Waals surface area contributed by atoms with Crippen molar-refractivity contribution >= 4 is 10.8 Å². The minimum Gasteiger partial charge on any atom is -0.486 e. The van der Waals surface area contributed by atoms with E-state index >= 15 is 0 Å². The summed E-state index contributed by atoms with van der Waals surface area (Å²) in [6.45, 7) is 1.40. The van der Waals surface area contributed by atoms with Gasteiger partial charge in [0.2, 0.25) is 0 Å². The van der Waals surface area contributed by atoms with Crippen LogP contribution in [0.2, 0.25) is 0 Å². The molecule has 1 aliphatic heterocycles. The number of hydrogen-bond acceptors (Lipinski definition) is 3. The molecule has 3 rings (SSSR count). The SMILES string of the molecule is CNCC1COc2ccc3ccccc3c2O1. The van der Waals surface area contributed by atoms with E-state index in [1.165, 1.54) is 5.39 Å². The molecular formula is C14H15NO2. The molecule has 0 aliphatic carbocycles. The highest BCUT2D eigenvalue weighted by Crippen LogP contribution is 2.38. The average molecular weight is 229 g/mol. The topological polar surface area (TPSA) is 30.5 Å². The zero-order valence-corrected chi connectivity index (χ0v) is 9.77. The van der Waals surface area contributed by atoms with Gasteiger partial charge >= 0.3 is 0 Å². The molecule has 2 aromatic carbocycles. The maximum absolute atomic E-state index is 6.00. The monoisotopic (exact) mass is 229 g/mol. The number of hydrogen-bond donors (Lipinski definition) is 1. The van der Waals surface area contributed by atoms with Gasteiger partial charge in [-0.2, -0.15) is 0 Å². The molecule has 0 bridgehead atoms. The summed E-state index contributed by atoms with van der Waals surface area (Å²) in [6.07, 6.45) is 0.0818. The normalized spacial score (nSPS) is 18.3. The number of nitrogens with one attached hydrogen (secondary N) is 1. The van der Waals surface area contributed by atoms with Crippen molar-refractivity contribution in [1.29, 1.82) is 0 Å². The highest BCUT2D eigenvalue weighted by atomic mass is 16.6. The Kier molecular flexibility index (Phi) is 2.61. The van der Waals surface area contributed by atoms with E-state index in [1.807, 2.05) is 25.2 Å². The lowest BCUT2D eigenvalue weighted by atomic mass is 10.1. The molecule has 0 saturated heterocycles. The third kappa shape index (κ3) is 1.83. The van der Waals surface area contributed by atoms with Crippen molar-refractivity contribution in [1.82, 2.24) is 5.32 Å². The van der Waals surface area contributed by atoms with Gasteiger partial charge < -0.3 is 14.8 Å². The predicted molar refractivity (Wildman–Crippen MR) is 67.8 cm³/mol. The number of benzene rings is 2. The van der Waals surface area contributed by atoms with Crippen LogP contribution in [-0.4, -0.2) is 26.3 Å². The Hall–Kier alpha value is -1.74. The van der Waals surface area contributed by atoms with Gasteiger partial charge in [-0.1, -0.05) is 30.3 Å². The molecule has 0 radical (unpaired) electrons. The minimum absolute atomic E-state index is 0.0818. The van der Waals surface area contributed by atoms with Gasteiger partial charge in [0.25, 0.3) is 0 Å². The smallest absolute Gasteiger partial charge is 0.169 e. The first-order valence-corrected chi connectivity index (χ1v) is 5.84. The third-order valence-corrected chi connectivity index (χ3v) is 2.98. The molecule has 17 heavy (non-hydrogen) atoms. The Balaban J connectivity index is 2.06. The van der Waals surface area contributed by atoms with Crippen LogP contribution in [0.3, 0.4) is 0 Å². The van der Waals surface area contributed by atoms with Gasteiger partial charge in [-0.25, -0.2) is 0 Å². The molecule has 1 unspecified atom stereocenters. The summed E-state index contributed by atoms with van der Waals surface area (Å²) in [5.74, 6) is 1.71. The summed E-state index contributed by atoms with van der Waals surface area (Å²) in [4.78, 5) is 0. The quantitative estimate of drug-likeness (QED) is 0.856. The van der Waals surface area contributed by atoms with Gasteiger partial charge in [0.05, 0.1) is 0 Å². The molecule has 1 atom stereocenters. The molecule has 0 aromatic heterocycles. The van der Waals surface area contributed by atoms with Crippen LogP contribution in [0.5, 0.6) is 11.5 Å². The van der Waals surface area contributed by atoms with E-state index in [-0.39, 0.29) is 6.10 Å². The second-order valence-electron chi connectivity index (χ2n) is 4.22. The van der Waals surface area contributed by atoms with Crippen LogP contribution in [0.4, 0.5) is 0 Å². The first-order valence-electron chi connectivity index (χ1n) is 5.84. The van der Waals surface area contributed by atoms with E-state index in [0.29, 0.717) is 6.61 Å². The van der Waals surface area contributed by atoms with Gasteiger partial charge in [-0.05, 0) is 18.5 Å². The summed E-state index contributed by atoms with van der Waals surface area (Å²) in [6, 6.07) is 12.3. The molecule has 0 saturated carbocycles. The van der Waals surface area contributed by atoms with Crippen LogP contribution < -0.4 is 14.8 Å². The lowest BCUT2D eigenvalue weighted by Gasteiger charge is -2.27. The lowest BCUT2D eigenvalue weighted by molar-refractivity contribution is 0.0940. The van der Waals surface area contributed by atoms with Gasteiger partial charge in [0, 0.05) is 11.9 Å². The summed E-state index contributed by atoms with van der Waals surface area (Å²) in [5.41, 5.74) is 0. The number of ether oxygens (including phenoxy) is 2. The van der Waals surface area contributed by atoms with E-state index < -0.39 is 0 Å². The van der Waals surface area contributed by atoms with E-state index in [2.05, 4.69) is 23.5 Å². The third-order valence-electron chi connectivity index (χ3n) is 2.98. The Morgan fingerprint density at radius 1 is 1.24 bits per heavy atom. The molecule has 3 heteroatoms. The fourth-order valence-electron chi connectivity index (χ4n) is 2.17. The maximum atomic E-state index is 6.00. The molecule has 1 N–H and O–H groups in total. The zero-order chi connectivity index (χ0) is 11.7.